The molecule has 0 atom stereocenters. The van der Waals surface area contributed by atoms with E-state index in [2.05, 4.69) is 55.4 Å². The number of hydrogen-bond donors (Lipinski definition) is 0. The Morgan fingerprint density at radius 1 is 0.108 bits per heavy atom. The molecule has 0 bridgehead atoms. The van der Waals surface area contributed by atoms with Gasteiger partial charge in [-0.25, -0.2) is 0 Å². The highest BCUT2D eigenvalue weighted by atomic mass is 29.6. The molecule has 0 aromatic carbocycles. The summed E-state index contributed by atoms with van der Waals surface area (Å²) in [7, 11) is -5.15. The number of unbranched alkanes of at least 4 members (excludes halogenated alkanes) is 56. The highest BCUT2D eigenvalue weighted by Crippen LogP contribution is 2.53. The summed E-state index contributed by atoms with van der Waals surface area (Å²) < 4.78 is 0. The van der Waals surface area contributed by atoms with E-state index in [1.165, 1.54) is 257 Å². The quantitative estimate of drug-likeness (QED) is 0.0421. The van der Waals surface area contributed by atoms with Gasteiger partial charge in [0.1, 0.15) is 0 Å². The van der Waals surface area contributed by atoms with Crippen molar-refractivity contribution in [3.8, 4) is 0 Å². The third kappa shape index (κ3) is 47.3. The second-order valence-corrected chi connectivity index (χ2v) is 54.3. The summed E-state index contributed by atoms with van der Waals surface area (Å²) in [4.78, 5) is 0. The first kappa shape index (κ1) is 83.7. The van der Waals surface area contributed by atoms with Crippen molar-refractivity contribution in [3.63, 3.8) is 0 Å². The van der Waals surface area contributed by atoms with Crippen LogP contribution < -0.4 is 0 Å². The smallest absolute Gasteiger partial charge is 0.0453 e. The van der Waals surface area contributed by atoms with Crippen LogP contribution in [0.25, 0.3) is 0 Å². The van der Waals surface area contributed by atoms with Crippen LogP contribution in [0, 0.1) is 0 Å². The normalized spacial score (nSPS) is 12.4. The molecular weight excluding hydrogens is 1050 g/mol. The van der Waals surface area contributed by atoms with Gasteiger partial charge in [0.2, 0.25) is 0 Å². The maximum Gasteiger partial charge on any atom is 0.0453 e. The van der Waals surface area contributed by atoms with Gasteiger partial charge in [-0.3, -0.25) is 0 Å². The summed E-state index contributed by atoms with van der Waals surface area (Å²) in [6.45, 7) is 19.4. The first-order chi connectivity index (χ1) is 41.0. The van der Waals surface area contributed by atoms with E-state index in [9.17, 15) is 0 Å². The molecule has 0 saturated carbocycles. The highest BCUT2D eigenvalue weighted by molar-refractivity contribution is 7.70. The third-order valence-corrected chi connectivity index (χ3v) is 65.6. The van der Waals surface area contributed by atoms with Crippen LogP contribution in [0.5, 0.6) is 0 Å². The zero-order chi connectivity index (χ0) is 60.4. The van der Waals surface area contributed by atoms with E-state index in [4.69, 9.17) is 0 Å². The summed E-state index contributed by atoms with van der Waals surface area (Å²) in [5, 5.41) is 0. The molecule has 0 saturated heterocycles. The van der Waals surface area contributed by atoms with Gasteiger partial charge < -0.3 is 0 Å². The molecule has 0 nitrogen and oxygen atoms in total. The Morgan fingerprint density at radius 3 is 0.325 bits per heavy atom. The second kappa shape index (κ2) is 67.1. The first-order valence-corrected chi connectivity index (χ1v) is 50.6. The molecule has 0 aromatic heterocycles. The van der Waals surface area contributed by atoms with Gasteiger partial charge in [0.05, 0.1) is 0 Å². The Bertz CT molecular complexity index is 991. The lowest BCUT2D eigenvalue weighted by Gasteiger charge is -2.60. The summed E-state index contributed by atoms with van der Waals surface area (Å²) in [5.74, 6) is 0. The Morgan fingerprint density at radius 2 is 0.205 bits per heavy atom. The average Bonchev–Trinajstić information content (AvgIpc) is 3.50. The Balaban J connectivity index is 8.43. The maximum atomic E-state index is 2.42. The fourth-order valence-electron chi connectivity index (χ4n) is 16.6. The van der Waals surface area contributed by atoms with E-state index in [-0.39, 0.29) is 0 Å². The van der Waals surface area contributed by atoms with Crippen molar-refractivity contribution in [1.29, 1.82) is 0 Å². The highest BCUT2D eigenvalue weighted by Gasteiger charge is 2.62. The lowest BCUT2D eigenvalue weighted by atomic mass is 10.1. The molecule has 0 aromatic rings. The zero-order valence-electron chi connectivity index (χ0n) is 60.4. The van der Waals surface area contributed by atoms with E-state index < -0.39 is 22.3 Å². The Kier molecular flexibility index (Phi) is 67.6. The summed E-state index contributed by atoms with van der Waals surface area (Å²) in [6.07, 6.45) is 97.3. The second-order valence-electron chi connectivity index (χ2n) is 29.4. The van der Waals surface area contributed by atoms with Crippen LogP contribution in [0.4, 0.5) is 0 Å². The molecule has 0 unspecified atom stereocenters. The zero-order valence-corrected chi connectivity index (χ0v) is 63.4. The molecule has 500 valence electrons. The predicted molar refractivity (Wildman–Crippen MR) is 397 cm³/mol. The van der Waals surface area contributed by atoms with Crippen LogP contribution in [0.15, 0.2) is 0 Å². The monoisotopic (exact) mass is 1210 g/mol. The van der Waals surface area contributed by atoms with Gasteiger partial charge >= 0.3 is 0 Å². The Labute approximate surface area is 533 Å². The molecule has 0 fully saturated rings. The van der Waals surface area contributed by atoms with E-state index in [1.54, 1.807) is 154 Å². The van der Waals surface area contributed by atoms with Crippen molar-refractivity contribution in [2.75, 3.05) is 0 Å². The van der Waals surface area contributed by atoms with Gasteiger partial charge in [0.15, 0.2) is 0 Å². The summed E-state index contributed by atoms with van der Waals surface area (Å²) >= 11 is 0. The van der Waals surface area contributed by atoms with E-state index in [0.29, 0.717) is 0 Å². The van der Waals surface area contributed by atoms with Gasteiger partial charge in [-0.2, -0.15) is 0 Å². The van der Waals surface area contributed by atoms with Crippen molar-refractivity contribution in [1.82, 2.24) is 0 Å². The van der Waals surface area contributed by atoms with E-state index in [0.717, 1.165) is 0 Å². The van der Waals surface area contributed by atoms with Crippen LogP contribution in [-0.2, 0) is 0 Å². The molecule has 0 aliphatic carbocycles. The maximum absolute atomic E-state index is 2.42. The minimum Gasteiger partial charge on any atom is -0.0654 e. The minimum atomic E-state index is -1.76. The van der Waals surface area contributed by atoms with Gasteiger partial charge in [-0.15, -0.1) is 0 Å². The molecule has 0 amide bonds. The van der Waals surface area contributed by atoms with Crippen molar-refractivity contribution in [2.24, 2.45) is 0 Å². The standard InChI is InChI=1S/C80H168Si3/c1-9-17-25-33-41-49-57-65-73-81(74-66-58-50-42-34-26-18-10-2,75-67-59-51-43-35-27-19-11-3)83(79-71-63-55-47-39-31-23-15-7,80-72-64-56-48-40-32-24-16-8)82(76-68-60-52-44-36-28-20-12-4,77-69-61-53-45-37-29-21-13-5)78-70-62-54-46-38-30-22-14-6/h9-80H2,1-8H3. The fourth-order valence-corrected chi connectivity index (χ4v) is 72.3. The van der Waals surface area contributed by atoms with Crippen molar-refractivity contribution >= 4 is 22.3 Å². The van der Waals surface area contributed by atoms with E-state index in [1.807, 2.05) is 48.4 Å². The molecule has 0 N–H and O–H groups in total. The molecule has 3 heteroatoms. The van der Waals surface area contributed by atoms with Crippen LogP contribution in [-0.4, -0.2) is 22.3 Å². The minimum absolute atomic E-state index is 1.39. The number of hydrogen-bond acceptors (Lipinski definition) is 0. The predicted octanol–water partition coefficient (Wildman–Crippen LogP) is 31.6. The molecule has 0 aliphatic rings. The molecular formula is C80H168Si3. The molecule has 0 heterocycles. The summed E-state index contributed by atoms with van der Waals surface area (Å²) in [5.41, 5.74) is 0. The molecule has 83 heavy (non-hydrogen) atoms. The van der Waals surface area contributed by atoms with Crippen LogP contribution >= 0.6 is 0 Å². The average molecular weight is 1210 g/mol. The van der Waals surface area contributed by atoms with Crippen molar-refractivity contribution in [2.45, 2.75) is 515 Å². The van der Waals surface area contributed by atoms with E-state index >= 15 is 0 Å². The lowest BCUT2D eigenvalue weighted by molar-refractivity contribution is 0.573. The molecule has 0 radical (unpaired) electrons. The molecule has 0 aliphatic heterocycles. The molecule has 0 rings (SSSR count). The van der Waals surface area contributed by atoms with Gasteiger partial charge in [0, 0.05) is 22.3 Å². The molecule has 0 spiro atoms. The van der Waals surface area contributed by atoms with Gasteiger partial charge in [0.25, 0.3) is 0 Å². The van der Waals surface area contributed by atoms with Gasteiger partial charge in [-0.05, 0) is 0 Å². The third-order valence-electron chi connectivity index (χ3n) is 22.0. The lowest BCUT2D eigenvalue weighted by Crippen LogP contribution is -2.77. The topological polar surface area (TPSA) is 0 Å². The summed E-state index contributed by atoms with van der Waals surface area (Å²) in [6, 6.07) is 14.6. The largest absolute Gasteiger partial charge is 0.0654 e. The fraction of sp³-hybridized carbons (Fsp3) is 1.00. The van der Waals surface area contributed by atoms with Crippen LogP contribution in [0.3, 0.4) is 0 Å². The van der Waals surface area contributed by atoms with Crippen molar-refractivity contribution in [3.05, 3.63) is 0 Å². The first-order valence-electron chi connectivity index (χ1n) is 41.0. The Hall–Kier alpha value is 0.651. The number of rotatable bonds is 74. The van der Waals surface area contributed by atoms with Crippen molar-refractivity contribution < 1.29 is 0 Å². The van der Waals surface area contributed by atoms with Gasteiger partial charge in [-0.1, -0.05) is 515 Å². The van der Waals surface area contributed by atoms with Crippen LogP contribution in [0.2, 0.25) is 48.4 Å². The SMILES string of the molecule is CCCCCCCCCC[Si](CCCCCCCCCC)(CCCCCCCCCC)[Si](CCCCCCCCCC)(CCCCCCCCCC)[Si](CCCCCCCCCC)(CCCCCCCCCC)CCCCCCCCCC. The van der Waals surface area contributed by atoms with Crippen LogP contribution in [0.1, 0.15) is 466 Å².